The van der Waals surface area contributed by atoms with E-state index in [1.807, 2.05) is 0 Å². The van der Waals surface area contributed by atoms with Gasteiger partial charge in [0.15, 0.2) is 11.6 Å². The first kappa shape index (κ1) is 21.7. The van der Waals surface area contributed by atoms with Crippen LogP contribution in [0.4, 0.5) is 4.39 Å². The monoisotopic (exact) mass is 416 g/mol. The van der Waals surface area contributed by atoms with Crippen LogP contribution in [0, 0.1) is 5.82 Å². The maximum atomic E-state index is 14.4. The Hall–Kier alpha value is -3.99. The summed E-state index contributed by atoms with van der Waals surface area (Å²) in [6, 6.07) is 17.7. The molecule has 0 saturated carbocycles. The molecule has 0 radical (unpaired) electrons. The maximum Gasteiger partial charge on any atom is 0.343 e. The van der Waals surface area contributed by atoms with Crippen molar-refractivity contribution in [2.75, 3.05) is 6.61 Å². The van der Waals surface area contributed by atoms with E-state index in [0.717, 1.165) is 11.1 Å². The highest BCUT2D eigenvalue weighted by Gasteiger charge is 2.13. The number of esters is 2. The smallest absolute Gasteiger partial charge is 0.343 e. The number of ether oxygens (including phenoxy) is 2. The largest absolute Gasteiger partial charge is 0.462 e. The lowest BCUT2D eigenvalue weighted by Gasteiger charge is -2.09. The van der Waals surface area contributed by atoms with Crippen LogP contribution in [0.5, 0.6) is 5.75 Å². The number of halogens is 1. The minimum atomic E-state index is -0.667. The summed E-state index contributed by atoms with van der Waals surface area (Å²) in [5.74, 6) is -1.94. The molecule has 4 nitrogen and oxygen atoms in total. The van der Waals surface area contributed by atoms with Gasteiger partial charge in [0.2, 0.25) is 0 Å². The zero-order valence-electron chi connectivity index (χ0n) is 16.8. The zero-order chi connectivity index (χ0) is 22.2. The van der Waals surface area contributed by atoms with Gasteiger partial charge in [-0.2, -0.15) is 0 Å². The summed E-state index contributed by atoms with van der Waals surface area (Å²) >= 11 is 0. The molecule has 0 aliphatic carbocycles. The topological polar surface area (TPSA) is 52.6 Å². The maximum absolute atomic E-state index is 14.4. The molecule has 156 valence electrons. The van der Waals surface area contributed by atoms with E-state index < -0.39 is 17.8 Å². The van der Waals surface area contributed by atoms with Crippen LogP contribution in [0.25, 0.3) is 12.2 Å². The molecule has 0 bridgehead atoms. The van der Waals surface area contributed by atoms with E-state index in [1.165, 1.54) is 12.1 Å². The molecule has 3 aromatic rings. The Labute approximate surface area is 180 Å². The molecule has 5 heteroatoms. The van der Waals surface area contributed by atoms with Crippen LogP contribution in [-0.2, 0) is 11.2 Å². The van der Waals surface area contributed by atoms with E-state index in [2.05, 4.69) is 13.2 Å². The average Bonchev–Trinajstić information content (AvgIpc) is 2.80. The van der Waals surface area contributed by atoms with Crippen molar-refractivity contribution >= 4 is 24.1 Å². The molecule has 0 saturated heterocycles. The molecule has 0 heterocycles. The van der Waals surface area contributed by atoms with Gasteiger partial charge in [0.05, 0.1) is 17.7 Å². The molecule has 0 aromatic heterocycles. The number of carbonyl (C=O) groups excluding carboxylic acids is 2. The molecule has 31 heavy (non-hydrogen) atoms. The van der Waals surface area contributed by atoms with Crippen molar-refractivity contribution in [3.63, 3.8) is 0 Å². The van der Waals surface area contributed by atoms with Crippen LogP contribution in [-0.4, -0.2) is 18.5 Å². The summed E-state index contributed by atoms with van der Waals surface area (Å²) in [7, 11) is 0. The third-order valence-corrected chi connectivity index (χ3v) is 4.59. The number of benzene rings is 3. The Morgan fingerprint density at radius 1 is 0.806 bits per heavy atom. The number of rotatable bonds is 8. The van der Waals surface area contributed by atoms with Gasteiger partial charge in [-0.3, -0.25) is 0 Å². The normalized spacial score (nSPS) is 10.2. The quantitative estimate of drug-likeness (QED) is 0.348. The Kier molecular flexibility index (Phi) is 7.12. The van der Waals surface area contributed by atoms with Gasteiger partial charge < -0.3 is 9.47 Å². The van der Waals surface area contributed by atoms with E-state index >= 15 is 0 Å². The Balaban J connectivity index is 1.54. The second kappa shape index (κ2) is 10.2. The van der Waals surface area contributed by atoms with E-state index in [4.69, 9.17) is 9.47 Å². The van der Waals surface area contributed by atoms with Gasteiger partial charge in [-0.1, -0.05) is 55.6 Å². The highest BCUT2D eigenvalue weighted by Crippen LogP contribution is 2.20. The summed E-state index contributed by atoms with van der Waals surface area (Å²) in [6.07, 6.45) is 3.66. The minimum absolute atomic E-state index is 0.0935. The molecule has 0 N–H and O–H groups in total. The zero-order valence-corrected chi connectivity index (χ0v) is 16.8. The fraction of sp³-hybridized carbons (Fsp3) is 0.0769. The first-order valence-corrected chi connectivity index (χ1v) is 9.63. The Bertz CT molecular complexity index is 1100. The van der Waals surface area contributed by atoms with Crippen molar-refractivity contribution in [2.45, 2.75) is 6.42 Å². The lowest BCUT2D eigenvalue weighted by atomic mass is 10.1. The van der Waals surface area contributed by atoms with Crippen molar-refractivity contribution in [1.29, 1.82) is 0 Å². The van der Waals surface area contributed by atoms with Crippen LogP contribution in [0.1, 0.15) is 37.4 Å². The van der Waals surface area contributed by atoms with Gasteiger partial charge in [0.1, 0.15) is 0 Å². The van der Waals surface area contributed by atoms with Crippen LogP contribution < -0.4 is 4.74 Å². The van der Waals surface area contributed by atoms with Crippen LogP contribution in [0.15, 0.2) is 79.9 Å². The molecule has 0 amide bonds. The number of hydrogen-bond donors (Lipinski definition) is 0. The standard InChI is InChI=1S/C26H21FO4/c1-3-18-5-10-21(11-6-18)25(28)30-16-15-20-9-14-24(23(27)17-20)31-26(29)22-12-7-19(4-2)8-13-22/h3-14,17H,1-2,15-16H2. The molecule has 0 aliphatic heterocycles. The van der Waals surface area contributed by atoms with Crippen LogP contribution >= 0.6 is 0 Å². The molecular formula is C26H21FO4. The van der Waals surface area contributed by atoms with Crippen molar-refractivity contribution < 1.29 is 23.5 Å². The average molecular weight is 416 g/mol. The highest BCUT2D eigenvalue weighted by molar-refractivity contribution is 5.91. The summed E-state index contributed by atoms with van der Waals surface area (Å²) in [4.78, 5) is 24.3. The SMILES string of the molecule is C=Cc1ccc(C(=O)OCCc2ccc(OC(=O)c3ccc(C=C)cc3)c(F)c2)cc1. The summed E-state index contributed by atoms with van der Waals surface area (Å²) in [5.41, 5.74) is 3.12. The first-order valence-electron chi connectivity index (χ1n) is 9.63. The summed E-state index contributed by atoms with van der Waals surface area (Å²) in [6.45, 7) is 7.40. The van der Waals surface area contributed by atoms with Gasteiger partial charge in [-0.25, -0.2) is 14.0 Å². The van der Waals surface area contributed by atoms with Crippen molar-refractivity contribution in [3.05, 3.63) is 114 Å². The third kappa shape index (κ3) is 5.76. The van der Waals surface area contributed by atoms with Gasteiger partial charge >= 0.3 is 11.9 Å². The molecular weight excluding hydrogens is 395 g/mol. The Morgan fingerprint density at radius 2 is 1.35 bits per heavy atom. The van der Waals surface area contributed by atoms with E-state index in [0.29, 0.717) is 23.1 Å². The van der Waals surface area contributed by atoms with Gasteiger partial charge in [-0.05, 0) is 53.1 Å². The van der Waals surface area contributed by atoms with Crippen molar-refractivity contribution in [1.82, 2.24) is 0 Å². The molecule has 0 fully saturated rings. The molecule has 0 spiro atoms. The second-order valence-electron chi connectivity index (χ2n) is 6.69. The molecule has 0 atom stereocenters. The summed E-state index contributed by atoms with van der Waals surface area (Å²) < 4.78 is 24.7. The summed E-state index contributed by atoms with van der Waals surface area (Å²) in [5, 5.41) is 0. The van der Waals surface area contributed by atoms with E-state index in [1.54, 1.807) is 66.7 Å². The molecule has 3 aromatic carbocycles. The van der Waals surface area contributed by atoms with Crippen molar-refractivity contribution in [2.24, 2.45) is 0 Å². The van der Waals surface area contributed by atoms with Gasteiger partial charge in [0, 0.05) is 6.42 Å². The first-order chi connectivity index (χ1) is 15.0. The molecule has 0 aliphatic rings. The van der Waals surface area contributed by atoms with Gasteiger partial charge in [0.25, 0.3) is 0 Å². The van der Waals surface area contributed by atoms with Crippen molar-refractivity contribution in [3.8, 4) is 5.75 Å². The number of carbonyl (C=O) groups is 2. The lowest BCUT2D eigenvalue weighted by Crippen LogP contribution is -2.10. The Morgan fingerprint density at radius 3 is 1.87 bits per heavy atom. The third-order valence-electron chi connectivity index (χ3n) is 4.59. The fourth-order valence-electron chi connectivity index (χ4n) is 2.80. The minimum Gasteiger partial charge on any atom is -0.462 e. The number of hydrogen-bond acceptors (Lipinski definition) is 4. The second-order valence-corrected chi connectivity index (χ2v) is 6.69. The van der Waals surface area contributed by atoms with E-state index in [-0.39, 0.29) is 12.4 Å². The van der Waals surface area contributed by atoms with E-state index in [9.17, 15) is 14.0 Å². The highest BCUT2D eigenvalue weighted by atomic mass is 19.1. The molecule has 3 rings (SSSR count). The van der Waals surface area contributed by atoms with Crippen LogP contribution in [0.3, 0.4) is 0 Å². The lowest BCUT2D eigenvalue weighted by molar-refractivity contribution is 0.0508. The molecule has 0 unspecified atom stereocenters. The predicted octanol–water partition coefficient (Wildman–Crippen LogP) is 5.73. The fourth-order valence-corrected chi connectivity index (χ4v) is 2.80. The predicted molar refractivity (Wildman–Crippen MR) is 118 cm³/mol. The van der Waals surface area contributed by atoms with Crippen LogP contribution in [0.2, 0.25) is 0 Å². The van der Waals surface area contributed by atoms with Gasteiger partial charge in [-0.15, -0.1) is 0 Å².